The van der Waals surface area contributed by atoms with E-state index in [1.165, 1.54) is 17.5 Å². The van der Waals surface area contributed by atoms with Gasteiger partial charge in [0.15, 0.2) is 5.50 Å². The fourth-order valence-electron chi connectivity index (χ4n) is 6.73. The largest absolute Gasteiger partial charge is 0.500 e. The summed E-state index contributed by atoms with van der Waals surface area (Å²) in [5.74, 6) is 1.70. The van der Waals surface area contributed by atoms with Crippen LogP contribution in [-0.4, -0.2) is 35.1 Å². The molecule has 39 heavy (non-hydrogen) atoms. The average Bonchev–Trinajstić information content (AvgIpc) is 3.05. The molecular weight excluding hydrogens is 536 g/mol. The van der Waals surface area contributed by atoms with Gasteiger partial charge in [-0.3, -0.25) is 0 Å². The van der Waals surface area contributed by atoms with Gasteiger partial charge in [0, 0.05) is 54.2 Å². The van der Waals surface area contributed by atoms with Crippen molar-refractivity contribution in [1.82, 2.24) is 9.80 Å². The molecule has 0 amide bonds. The van der Waals surface area contributed by atoms with Crippen LogP contribution in [0.4, 0.5) is 8.78 Å². The molecule has 4 aliphatic rings. The molecule has 1 aromatic carbocycles. The van der Waals surface area contributed by atoms with Gasteiger partial charge >= 0.3 is 0 Å². The Morgan fingerprint density at radius 3 is 2.77 bits per heavy atom. The minimum absolute atomic E-state index is 0.0819. The molecule has 4 atom stereocenters. The van der Waals surface area contributed by atoms with E-state index in [0.29, 0.717) is 48.0 Å². The zero-order valence-electron chi connectivity index (χ0n) is 23.1. The van der Waals surface area contributed by atoms with Crippen molar-refractivity contribution in [3.63, 3.8) is 0 Å². The lowest BCUT2D eigenvalue weighted by Gasteiger charge is -2.41. The predicted octanol–water partition coefficient (Wildman–Crippen LogP) is 8.56. The summed E-state index contributed by atoms with van der Waals surface area (Å²) in [5.41, 5.74) is 3.42. The van der Waals surface area contributed by atoms with Gasteiger partial charge in [0.05, 0.1) is 23.8 Å². The fourth-order valence-corrected chi connectivity index (χ4v) is 8.35. The topological polar surface area (TPSA) is 39.5 Å². The Morgan fingerprint density at radius 2 is 2.05 bits per heavy atom. The van der Waals surface area contributed by atoms with Crippen LogP contribution in [0.15, 0.2) is 52.2 Å². The molecule has 0 bridgehead atoms. The highest BCUT2D eigenvalue weighted by Crippen LogP contribution is 2.52. The molecule has 4 unspecified atom stereocenters. The van der Waals surface area contributed by atoms with Crippen molar-refractivity contribution in [2.75, 3.05) is 14.2 Å². The molecular formula is C31H38ClF2N3OS. The monoisotopic (exact) mass is 573 g/mol. The molecule has 0 fully saturated rings. The molecule has 0 saturated heterocycles. The van der Waals surface area contributed by atoms with E-state index in [1.807, 2.05) is 0 Å². The van der Waals surface area contributed by atoms with Crippen LogP contribution < -0.4 is 0 Å². The minimum atomic E-state index is -1.19. The second-order valence-corrected chi connectivity index (χ2v) is 13.0. The summed E-state index contributed by atoms with van der Waals surface area (Å²) in [6, 6.07) is 6.85. The van der Waals surface area contributed by atoms with Crippen molar-refractivity contribution in [1.29, 1.82) is 5.26 Å². The molecule has 0 saturated carbocycles. The van der Waals surface area contributed by atoms with E-state index >= 15 is 0 Å². The lowest BCUT2D eigenvalue weighted by molar-refractivity contribution is 0.152. The molecule has 0 radical (unpaired) electrons. The third kappa shape index (κ3) is 5.70. The highest BCUT2D eigenvalue weighted by atomic mass is 35.5. The highest BCUT2D eigenvalue weighted by Gasteiger charge is 2.45. The Balaban J connectivity index is 1.52. The van der Waals surface area contributed by atoms with Crippen LogP contribution in [0.3, 0.4) is 0 Å². The fraction of sp³-hybridized carbons (Fsp3) is 0.581. The van der Waals surface area contributed by atoms with Crippen LogP contribution >= 0.6 is 23.4 Å². The summed E-state index contributed by atoms with van der Waals surface area (Å²) >= 11 is 8.16. The minimum Gasteiger partial charge on any atom is -0.500 e. The van der Waals surface area contributed by atoms with Gasteiger partial charge in [-0.25, -0.2) is 8.78 Å². The van der Waals surface area contributed by atoms with Gasteiger partial charge in [-0.1, -0.05) is 30.2 Å². The molecule has 1 aromatic rings. The first-order valence-electron chi connectivity index (χ1n) is 14.1. The average molecular weight is 574 g/mol. The molecule has 0 aromatic heterocycles. The van der Waals surface area contributed by atoms with Crippen LogP contribution in [-0.2, 0) is 10.5 Å². The zero-order valence-corrected chi connectivity index (χ0v) is 24.7. The number of hydrogen-bond acceptors (Lipinski definition) is 5. The number of alkyl halides is 1. The Labute approximate surface area is 240 Å². The number of nitrogens with zero attached hydrogens (tertiary/aromatic N) is 3. The third-order valence-electron chi connectivity index (χ3n) is 8.95. The van der Waals surface area contributed by atoms with Gasteiger partial charge in [0.2, 0.25) is 0 Å². The maximum Gasteiger partial charge on any atom is 0.154 e. The number of allylic oxidation sites excluding steroid dienone is 6. The van der Waals surface area contributed by atoms with Crippen LogP contribution in [0.25, 0.3) is 0 Å². The quantitative estimate of drug-likeness (QED) is 0.341. The molecule has 1 aliphatic heterocycles. The summed E-state index contributed by atoms with van der Waals surface area (Å²) in [5, 5.41) is 10.4. The van der Waals surface area contributed by atoms with Gasteiger partial charge in [-0.05, 0) is 69.9 Å². The summed E-state index contributed by atoms with van der Waals surface area (Å²) in [7, 11) is 3.85. The maximum absolute atomic E-state index is 14.9. The number of benzene rings is 1. The first-order chi connectivity index (χ1) is 18.7. The predicted molar refractivity (Wildman–Crippen MR) is 153 cm³/mol. The van der Waals surface area contributed by atoms with Crippen molar-refractivity contribution >= 4 is 23.4 Å². The molecule has 1 heterocycles. The first kappa shape index (κ1) is 28.4. The molecule has 0 N–H and O–H groups in total. The maximum atomic E-state index is 14.9. The molecule has 3 aliphatic carbocycles. The van der Waals surface area contributed by atoms with E-state index in [0.717, 1.165) is 61.4 Å². The number of thioether (sulfide) groups is 1. The summed E-state index contributed by atoms with van der Waals surface area (Å²) in [4.78, 5) is 4.82. The smallest absolute Gasteiger partial charge is 0.154 e. The number of hydrogen-bond donors (Lipinski definition) is 0. The first-order valence-corrected chi connectivity index (χ1v) is 15.5. The van der Waals surface area contributed by atoms with Gasteiger partial charge in [0.25, 0.3) is 0 Å². The second-order valence-electron chi connectivity index (χ2n) is 11.5. The summed E-state index contributed by atoms with van der Waals surface area (Å²) in [6.45, 7) is 1.69. The SMILES string of the molecule is COC1=C(Cl)CCC(C2CCCCC3=C2N(C2=CCC(C)(F)CC2)C(SCc2c(F)cccc2C#N)N3C)C1. The summed E-state index contributed by atoms with van der Waals surface area (Å²) in [6.07, 6.45) is 10.7. The van der Waals surface area contributed by atoms with E-state index in [4.69, 9.17) is 16.3 Å². The molecule has 4 nitrogen and oxygen atoms in total. The molecule has 210 valence electrons. The van der Waals surface area contributed by atoms with E-state index in [-0.39, 0.29) is 11.3 Å². The lowest BCUT2D eigenvalue weighted by Crippen LogP contribution is -2.39. The molecule has 5 rings (SSSR count). The number of rotatable bonds is 6. The van der Waals surface area contributed by atoms with Crippen molar-refractivity contribution in [3.8, 4) is 6.07 Å². The van der Waals surface area contributed by atoms with E-state index < -0.39 is 5.67 Å². The van der Waals surface area contributed by atoms with Gasteiger partial charge in [-0.15, -0.1) is 11.8 Å². The van der Waals surface area contributed by atoms with Gasteiger partial charge in [0.1, 0.15) is 17.2 Å². The molecule has 0 spiro atoms. The lowest BCUT2D eigenvalue weighted by atomic mass is 9.77. The van der Waals surface area contributed by atoms with E-state index in [2.05, 4.69) is 29.0 Å². The number of halogens is 3. The van der Waals surface area contributed by atoms with Gasteiger partial charge < -0.3 is 14.5 Å². The Morgan fingerprint density at radius 1 is 1.23 bits per heavy atom. The van der Waals surface area contributed by atoms with E-state index in [1.54, 1.807) is 37.9 Å². The standard InChI is InChI=1S/C31H38ClF2N3OS/c1-31(34)15-13-22(14-16-31)37-29-23(20-11-12-25(32)28(17-20)38-3)8-4-5-10-27(29)36(2)30(37)39-19-24-21(18-35)7-6-9-26(24)33/h6-7,9,13,20,23,30H,4-5,8,10-12,14-17,19H2,1-3H3. The second kappa shape index (κ2) is 11.7. The van der Waals surface area contributed by atoms with Crippen LogP contribution in [0.5, 0.6) is 0 Å². The van der Waals surface area contributed by atoms with Crippen LogP contribution in [0, 0.1) is 29.0 Å². The van der Waals surface area contributed by atoms with Crippen molar-refractivity contribution < 1.29 is 13.5 Å². The van der Waals surface area contributed by atoms with Gasteiger partial charge in [-0.2, -0.15) is 5.26 Å². The number of nitriles is 1. The normalized spacial score (nSPS) is 29.7. The Bertz CT molecular complexity index is 1240. The summed E-state index contributed by atoms with van der Waals surface area (Å²) < 4.78 is 35.4. The Kier molecular flexibility index (Phi) is 8.54. The number of methoxy groups -OCH3 is 1. The third-order valence-corrected chi connectivity index (χ3v) is 10.6. The van der Waals surface area contributed by atoms with Crippen molar-refractivity contribution in [3.05, 3.63) is 69.1 Å². The van der Waals surface area contributed by atoms with Crippen LogP contribution in [0.1, 0.15) is 82.3 Å². The molecule has 8 heteroatoms. The number of ether oxygens (including phenoxy) is 1. The Hall–Kier alpha value is -2.17. The highest BCUT2D eigenvalue weighted by molar-refractivity contribution is 7.99. The van der Waals surface area contributed by atoms with Crippen LogP contribution in [0.2, 0.25) is 0 Å². The zero-order chi connectivity index (χ0) is 27.7. The van der Waals surface area contributed by atoms with Crippen molar-refractivity contribution in [2.45, 2.75) is 88.1 Å². The van der Waals surface area contributed by atoms with E-state index in [9.17, 15) is 14.0 Å². The van der Waals surface area contributed by atoms with Crippen molar-refractivity contribution in [2.24, 2.45) is 11.8 Å².